The zero-order valence-electron chi connectivity index (χ0n) is 27.2. The van der Waals surface area contributed by atoms with E-state index in [0.717, 1.165) is 24.1 Å². The highest BCUT2D eigenvalue weighted by atomic mass is 32.1. The number of aromatic nitrogens is 2. The maximum Gasteiger partial charge on any atom is 0.426 e. The van der Waals surface area contributed by atoms with Crippen molar-refractivity contribution in [2.45, 2.75) is 82.6 Å². The number of amides is 4. The quantitative estimate of drug-likeness (QED) is 0.311. The number of carbonyl (C=O) groups is 4. The lowest BCUT2D eigenvalue weighted by atomic mass is 10.1. The van der Waals surface area contributed by atoms with Crippen LogP contribution in [0.1, 0.15) is 59.3 Å². The normalized spacial score (nSPS) is 24.9. The number of carboxylic acids is 1. The summed E-state index contributed by atoms with van der Waals surface area (Å²) in [7, 11) is 0. The SMILES string of the molecule is CC(C)(C)OC(=O)NN1CCCCCC=C[C@@H]2C[C@@]2(C(=O)O)NC(=O)[C@@H]2C[C@@H](Oc3nc4ccccc4nc3-c3cccs3)CN2C1=O. The highest BCUT2D eigenvalue weighted by Crippen LogP contribution is 2.45. The minimum absolute atomic E-state index is 0.0226. The molecule has 3 N–H and O–H groups in total. The van der Waals surface area contributed by atoms with Crippen LogP contribution in [0.4, 0.5) is 9.59 Å². The highest BCUT2D eigenvalue weighted by molar-refractivity contribution is 7.13. The molecule has 2 aromatic heterocycles. The molecular formula is C34H40N6O7S. The molecular weight excluding hydrogens is 636 g/mol. The van der Waals surface area contributed by atoms with Crippen LogP contribution in [0.25, 0.3) is 21.6 Å². The lowest BCUT2D eigenvalue weighted by Gasteiger charge is -2.32. The van der Waals surface area contributed by atoms with Gasteiger partial charge in [-0.05, 0) is 70.0 Å². The van der Waals surface area contributed by atoms with E-state index >= 15 is 0 Å². The van der Waals surface area contributed by atoms with Crippen molar-refractivity contribution in [3.63, 3.8) is 0 Å². The molecule has 4 heterocycles. The molecule has 14 heteroatoms. The van der Waals surface area contributed by atoms with E-state index in [2.05, 4.69) is 10.7 Å². The van der Waals surface area contributed by atoms with Gasteiger partial charge in [-0.3, -0.25) is 4.79 Å². The third-order valence-electron chi connectivity index (χ3n) is 8.60. The first-order valence-electron chi connectivity index (χ1n) is 16.2. The number of hydrazine groups is 1. The van der Waals surface area contributed by atoms with Gasteiger partial charge in [0.1, 0.15) is 29.0 Å². The number of aliphatic carboxylic acids is 1. The summed E-state index contributed by atoms with van der Waals surface area (Å²) in [6.45, 7) is 5.32. The number of carboxylic acid groups (broad SMARTS) is 1. The molecule has 0 unspecified atom stereocenters. The Labute approximate surface area is 282 Å². The van der Waals surface area contributed by atoms with Gasteiger partial charge in [-0.2, -0.15) is 0 Å². The van der Waals surface area contributed by atoms with Crippen molar-refractivity contribution in [1.82, 2.24) is 30.6 Å². The van der Waals surface area contributed by atoms with Crippen molar-refractivity contribution in [1.29, 1.82) is 0 Å². The molecule has 1 saturated carbocycles. The van der Waals surface area contributed by atoms with E-state index in [9.17, 15) is 24.3 Å². The Morgan fingerprint density at radius 3 is 2.56 bits per heavy atom. The van der Waals surface area contributed by atoms with Gasteiger partial charge in [-0.25, -0.2) is 34.8 Å². The number of benzene rings is 1. The maximum atomic E-state index is 14.2. The van der Waals surface area contributed by atoms with Crippen molar-refractivity contribution < 1.29 is 33.8 Å². The largest absolute Gasteiger partial charge is 0.479 e. The lowest BCUT2D eigenvalue weighted by Crippen LogP contribution is -2.58. The number of hydrogen-bond acceptors (Lipinski definition) is 9. The lowest BCUT2D eigenvalue weighted by molar-refractivity contribution is -0.144. The molecule has 0 bridgehead atoms. The van der Waals surface area contributed by atoms with E-state index in [1.54, 1.807) is 20.8 Å². The first-order chi connectivity index (χ1) is 22.9. The van der Waals surface area contributed by atoms with Crippen molar-refractivity contribution in [2.24, 2.45) is 5.92 Å². The number of hydrogen-bond donors (Lipinski definition) is 3. The third kappa shape index (κ3) is 7.23. The molecule has 1 saturated heterocycles. The van der Waals surface area contributed by atoms with Gasteiger partial charge in [0.25, 0.3) is 0 Å². The molecule has 0 spiro atoms. The number of fused-ring (bicyclic) bond motifs is 3. The fraction of sp³-hybridized carbons (Fsp3) is 0.471. The smallest absolute Gasteiger partial charge is 0.426 e. The fourth-order valence-electron chi connectivity index (χ4n) is 6.14. The van der Waals surface area contributed by atoms with E-state index in [1.165, 1.54) is 21.2 Å². The van der Waals surface area contributed by atoms with Crippen molar-refractivity contribution in [3.05, 3.63) is 53.9 Å². The Morgan fingerprint density at radius 2 is 1.85 bits per heavy atom. The molecule has 0 radical (unpaired) electrons. The van der Waals surface area contributed by atoms with E-state index < -0.39 is 47.3 Å². The van der Waals surface area contributed by atoms with Crippen LogP contribution in [0.3, 0.4) is 0 Å². The summed E-state index contributed by atoms with van der Waals surface area (Å²) in [6.07, 6.45) is 5.51. The van der Waals surface area contributed by atoms with Gasteiger partial charge in [0.2, 0.25) is 11.8 Å². The van der Waals surface area contributed by atoms with Gasteiger partial charge >= 0.3 is 18.1 Å². The van der Waals surface area contributed by atoms with Gasteiger partial charge in [0, 0.05) is 18.9 Å². The first kappa shape index (κ1) is 33.2. The second kappa shape index (κ2) is 13.4. The summed E-state index contributed by atoms with van der Waals surface area (Å²) in [6, 6.07) is 9.53. The molecule has 3 aliphatic rings. The molecule has 1 aliphatic carbocycles. The van der Waals surface area contributed by atoms with Crippen LogP contribution in [-0.4, -0.2) is 85.4 Å². The van der Waals surface area contributed by atoms with Crippen molar-refractivity contribution in [2.75, 3.05) is 13.1 Å². The Hall–Kier alpha value is -4.72. The van der Waals surface area contributed by atoms with Gasteiger partial charge in [-0.15, -0.1) is 11.3 Å². The summed E-state index contributed by atoms with van der Waals surface area (Å²) in [5.74, 6) is -1.83. The molecule has 2 fully saturated rings. The number of urea groups is 1. The molecule has 1 aromatic carbocycles. The van der Waals surface area contributed by atoms with Crippen LogP contribution in [-0.2, 0) is 14.3 Å². The summed E-state index contributed by atoms with van der Waals surface area (Å²) in [4.78, 5) is 65.2. The second-order valence-corrected chi connectivity index (χ2v) is 14.3. The zero-order valence-corrected chi connectivity index (χ0v) is 28.0. The highest BCUT2D eigenvalue weighted by Gasteiger charge is 2.61. The molecule has 48 heavy (non-hydrogen) atoms. The van der Waals surface area contributed by atoms with Gasteiger partial charge in [-0.1, -0.05) is 36.8 Å². The first-order valence-corrected chi connectivity index (χ1v) is 17.1. The van der Waals surface area contributed by atoms with E-state index in [-0.39, 0.29) is 37.7 Å². The van der Waals surface area contributed by atoms with Gasteiger partial charge < -0.3 is 24.8 Å². The van der Waals surface area contributed by atoms with Gasteiger partial charge in [0.05, 0.1) is 22.5 Å². The fourth-order valence-corrected chi connectivity index (χ4v) is 6.85. The second-order valence-electron chi connectivity index (χ2n) is 13.4. The molecule has 13 nitrogen and oxygen atoms in total. The monoisotopic (exact) mass is 676 g/mol. The van der Waals surface area contributed by atoms with Crippen LogP contribution in [0, 0.1) is 5.92 Å². The Bertz CT molecular complexity index is 1720. The standard InChI is InChI=1S/C34H40N6O7S/c1-33(2,3)47-31(44)38-40-16-10-6-4-5-7-12-21-19-34(21,30(42)43)37-28(41)25-18-22(20-39(25)32(40)45)46-29-27(26-15-11-17-48-26)35-23-13-8-9-14-24(23)36-29/h7-9,11-15,17,21-22,25H,4-6,10,16,18-20H2,1-3H3,(H,37,41)(H,38,44)(H,42,43)/t21-,22-,25+,34-/m1/s1. The van der Waals surface area contributed by atoms with Crippen LogP contribution in [0.2, 0.25) is 0 Å². The number of para-hydroxylation sites is 2. The zero-order chi connectivity index (χ0) is 34.1. The van der Waals surface area contributed by atoms with Gasteiger partial charge in [0.15, 0.2) is 0 Å². The molecule has 6 rings (SSSR count). The van der Waals surface area contributed by atoms with Crippen molar-refractivity contribution in [3.8, 4) is 16.5 Å². The van der Waals surface area contributed by atoms with Crippen LogP contribution >= 0.6 is 11.3 Å². The predicted molar refractivity (Wildman–Crippen MR) is 178 cm³/mol. The average Bonchev–Trinajstić information content (AvgIpc) is 3.34. The number of ether oxygens (including phenoxy) is 2. The molecule has 4 atom stereocenters. The van der Waals surface area contributed by atoms with E-state index in [4.69, 9.17) is 19.4 Å². The summed E-state index contributed by atoms with van der Waals surface area (Å²) < 4.78 is 11.9. The summed E-state index contributed by atoms with van der Waals surface area (Å²) in [5, 5.41) is 16.0. The minimum Gasteiger partial charge on any atom is -0.479 e. The van der Waals surface area contributed by atoms with Crippen LogP contribution in [0.5, 0.6) is 5.88 Å². The number of nitrogens with zero attached hydrogens (tertiary/aromatic N) is 4. The Morgan fingerprint density at radius 1 is 1.08 bits per heavy atom. The average molecular weight is 677 g/mol. The number of allylic oxidation sites excluding steroid dienone is 1. The molecule has 4 amide bonds. The minimum atomic E-state index is -1.45. The Balaban J connectivity index is 1.32. The van der Waals surface area contributed by atoms with Crippen molar-refractivity contribution >= 4 is 46.4 Å². The number of carbonyl (C=O) groups excluding carboxylic acids is 3. The van der Waals surface area contributed by atoms with E-state index in [1.807, 2.05) is 53.9 Å². The maximum absolute atomic E-state index is 14.2. The number of thiophene rings is 1. The molecule has 254 valence electrons. The van der Waals surface area contributed by atoms with Crippen LogP contribution in [0.15, 0.2) is 53.9 Å². The molecule has 3 aromatic rings. The predicted octanol–water partition coefficient (Wildman–Crippen LogP) is 5.13. The van der Waals surface area contributed by atoms with Crippen LogP contribution < -0.4 is 15.5 Å². The molecule has 2 aliphatic heterocycles. The number of rotatable bonds is 5. The summed E-state index contributed by atoms with van der Waals surface area (Å²) in [5.41, 5.74) is 2.18. The topological polar surface area (TPSA) is 163 Å². The Kier molecular flexibility index (Phi) is 9.28. The third-order valence-corrected chi connectivity index (χ3v) is 9.48. The number of nitrogens with one attached hydrogen (secondary N) is 2. The summed E-state index contributed by atoms with van der Waals surface area (Å²) >= 11 is 1.48. The van der Waals surface area contributed by atoms with E-state index in [0.29, 0.717) is 23.1 Å².